The van der Waals surface area contributed by atoms with Gasteiger partial charge in [0.25, 0.3) is 0 Å². The molecule has 0 spiro atoms. The Hall–Kier alpha value is -3.39. The normalized spacial score (nSPS) is 10.4. The zero-order valence-corrected chi connectivity index (χ0v) is 16.0. The van der Waals surface area contributed by atoms with Crippen LogP contribution in [0.4, 0.5) is 11.4 Å². The largest absolute Gasteiger partial charge is 0.465 e. The number of hydrogen-bond acceptors (Lipinski definition) is 6. The zero-order valence-electron chi connectivity index (χ0n) is 15.3. The van der Waals surface area contributed by atoms with Crippen molar-refractivity contribution in [2.45, 2.75) is 6.92 Å². The second-order valence-corrected chi connectivity index (χ2v) is 6.33. The number of carbonyl (C=O) groups excluding carboxylic acids is 2. The third-order valence-electron chi connectivity index (χ3n) is 4.00. The number of benzene rings is 2. The summed E-state index contributed by atoms with van der Waals surface area (Å²) >= 11 is 6.06. The molecule has 0 saturated heterocycles. The lowest BCUT2D eigenvalue weighted by Gasteiger charge is -2.14. The molecule has 0 bridgehead atoms. The summed E-state index contributed by atoms with van der Waals surface area (Å²) in [6, 6.07) is 10.4. The number of hydrogen-bond donors (Lipinski definition) is 2. The van der Waals surface area contributed by atoms with Gasteiger partial charge in [0.1, 0.15) is 12.7 Å². The van der Waals surface area contributed by atoms with Crippen LogP contribution >= 0.6 is 11.6 Å². The molecule has 3 rings (SSSR count). The maximum absolute atomic E-state index is 12.5. The van der Waals surface area contributed by atoms with Crippen LogP contribution in [0, 0.1) is 6.92 Å². The highest BCUT2D eigenvalue weighted by Gasteiger charge is 2.16. The monoisotopic (exact) mass is 399 g/mol. The summed E-state index contributed by atoms with van der Waals surface area (Å²) < 4.78 is 6.34. The van der Waals surface area contributed by atoms with Crippen LogP contribution < -0.4 is 10.6 Å². The second kappa shape index (κ2) is 8.53. The van der Waals surface area contributed by atoms with E-state index in [-0.39, 0.29) is 12.5 Å². The van der Waals surface area contributed by atoms with Crippen LogP contribution in [0.25, 0.3) is 5.69 Å². The molecular formula is C19H18ClN5O3. The van der Waals surface area contributed by atoms with Crippen molar-refractivity contribution in [3.8, 4) is 5.69 Å². The zero-order chi connectivity index (χ0) is 20.1. The van der Waals surface area contributed by atoms with Gasteiger partial charge in [-0.05, 0) is 36.8 Å². The number of amides is 1. The van der Waals surface area contributed by atoms with E-state index in [1.54, 1.807) is 43.3 Å². The van der Waals surface area contributed by atoms with Gasteiger partial charge in [0.05, 0.1) is 30.6 Å². The summed E-state index contributed by atoms with van der Waals surface area (Å²) in [6.07, 6.45) is 2.92. The van der Waals surface area contributed by atoms with Gasteiger partial charge in [-0.15, -0.1) is 0 Å². The molecule has 0 atom stereocenters. The molecule has 2 aromatic carbocycles. The first-order valence-electron chi connectivity index (χ1n) is 8.36. The van der Waals surface area contributed by atoms with Crippen LogP contribution in [0.5, 0.6) is 0 Å². The third kappa shape index (κ3) is 4.29. The van der Waals surface area contributed by atoms with Gasteiger partial charge in [0, 0.05) is 10.7 Å². The van der Waals surface area contributed by atoms with Gasteiger partial charge in [-0.25, -0.2) is 14.5 Å². The molecule has 0 aliphatic heterocycles. The van der Waals surface area contributed by atoms with Crippen molar-refractivity contribution in [3.05, 3.63) is 65.2 Å². The van der Waals surface area contributed by atoms with Gasteiger partial charge in [-0.2, -0.15) is 5.10 Å². The van der Waals surface area contributed by atoms with Crippen molar-refractivity contribution in [1.82, 2.24) is 14.8 Å². The summed E-state index contributed by atoms with van der Waals surface area (Å²) in [5, 5.41) is 10.3. The average molecular weight is 400 g/mol. The topological polar surface area (TPSA) is 98.1 Å². The molecule has 0 aliphatic carbocycles. The fraction of sp³-hybridized carbons (Fsp3) is 0.158. The number of nitrogens with one attached hydrogen (secondary N) is 2. The van der Waals surface area contributed by atoms with Crippen LogP contribution in [0.15, 0.2) is 49.1 Å². The average Bonchev–Trinajstić information content (AvgIpc) is 3.20. The lowest BCUT2D eigenvalue weighted by atomic mass is 10.1. The maximum Gasteiger partial charge on any atom is 0.340 e. The molecule has 0 fully saturated rings. The van der Waals surface area contributed by atoms with Gasteiger partial charge in [-0.3, -0.25) is 4.79 Å². The van der Waals surface area contributed by atoms with E-state index in [0.29, 0.717) is 27.6 Å². The van der Waals surface area contributed by atoms with E-state index in [4.69, 9.17) is 16.3 Å². The predicted octanol–water partition coefficient (Wildman–Crippen LogP) is 3.07. The minimum Gasteiger partial charge on any atom is -0.465 e. The standard InChI is InChI=1S/C19H18ClN5O3/c1-12-4-3-5-14(18(12)19(27)28-2)22-9-17(26)24-15-8-13(20)6-7-16(15)25-11-21-10-23-25/h3-8,10-11,22H,9H2,1-2H3,(H,24,26). The fourth-order valence-corrected chi connectivity index (χ4v) is 2.87. The molecule has 1 heterocycles. The Kier molecular flexibility index (Phi) is 5.90. The molecule has 2 N–H and O–H groups in total. The van der Waals surface area contributed by atoms with Crippen LogP contribution in [-0.2, 0) is 9.53 Å². The molecule has 28 heavy (non-hydrogen) atoms. The van der Waals surface area contributed by atoms with E-state index in [0.717, 1.165) is 5.56 Å². The first-order valence-corrected chi connectivity index (χ1v) is 8.73. The van der Waals surface area contributed by atoms with Crippen LogP contribution in [0.1, 0.15) is 15.9 Å². The van der Waals surface area contributed by atoms with E-state index >= 15 is 0 Å². The summed E-state index contributed by atoms with van der Waals surface area (Å²) in [6.45, 7) is 1.74. The summed E-state index contributed by atoms with van der Waals surface area (Å²) in [4.78, 5) is 28.4. The van der Waals surface area contributed by atoms with E-state index < -0.39 is 5.97 Å². The van der Waals surface area contributed by atoms with Crippen molar-refractivity contribution in [1.29, 1.82) is 0 Å². The van der Waals surface area contributed by atoms with Crippen LogP contribution in [0.2, 0.25) is 5.02 Å². The van der Waals surface area contributed by atoms with Crippen molar-refractivity contribution in [2.24, 2.45) is 0 Å². The fourth-order valence-electron chi connectivity index (χ4n) is 2.70. The number of aryl methyl sites for hydroxylation is 1. The van der Waals surface area contributed by atoms with Gasteiger partial charge < -0.3 is 15.4 Å². The first kappa shape index (κ1) is 19.4. The SMILES string of the molecule is COC(=O)c1c(C)cccc1NCC(=O)Nc1cc(Cl)ccc1-n1cncn1. The quantitative estimate of drug-likeness (QED) is 0.618. The predicted molar refractivity (Wildman–Crippen MR) is 106 cm³/mol. The number of rotatable bonds is 6. The lowest BCUT2D eigenvalue weighted by molar-refractivity contribution is -0.114. The molecule has 0 saturated carbocycles. The van der Waals surface area contributed by atoms with Gasteiger partial charge >= 0.3 is 5.97 Å². The Labute approximate surface area is 166 Å². The van der Waals surface area contributed by atoms with Crippen molar-refractivity contribution in [2.75, 3.05) is 24.3 Å². The number of ether oxygens (including phenoxy) is 1. The first-order chi connectivity index (χ1) is 13.5. The summed E-state index contributed by atoms with van der Waals surface area (Å²) in [7, 11) is 1.32. The molecule has 0 unspecified atom stereocenters. The van der Waals surface area contributed by atoms with Crippen molar-refractivity contribution >= 4 is 34.9 Å². The Balaban J connectivity index is 1.76. The number of nitrogens with zero attached hydrogens (tertiary/aromatic N) is 3. The Morgan fingerprint density at radius 2 is 2.04 bits per heavy atom. The minimum absolute atomic E-state index is 0.0588. The van der Waals surface area contributed by atoms with E-state index in [1.165, 1.54) is 24.4 Å². The van der Waals surface area contributed by atoms with Gasteiger partial charge in [0.2, 0.25) is 5.91 Å². The number of carbonyl (C=O) groups is 2. The molecule has 3 aromatic rings. The highest BCUT2D eigenvalue weighted by molar-refractivity contribution is 6.31. The molecule has 0 aliphatic rings. The molecule has 0 radical (unpaired) electrons. The van der Waals surface area contributed by atoms with Gasteiger partial charge in [0.15, 0.2) is 0 Å². The Bertz CT molecular complexity index is 1000. The second-order valence-electron chi connectivity index (χ2n) is 5.89. The lowest BCUT2D eigenvalue weighted by Crippen LogP contribution is -2.23. The molecule has 144 valence electrons. The summed E-state index contributed by atoms with van der Waals surface area (Å²) in [5.74, 6) is -0.787. The number of esters is 1. The number of methoxy groups -OCH3 is 1. The van der Waals surface area contributed by atoms with Gasteiger partial charge in [-0.1, -0.05) is 23.7 Å². The maximum atomic E-state index is 12.5. The third-order valence-corrected chi connectivity index (χ3v) is 4.24. The highest BCUT2D eigenvalue weighted by Crippen LogP contribution is 2.24. The van der Waals surface area contributed by atoms with Crippen molar-refractivity contribution < 1.29 is 14.3 Å². The molecule has 8 nitrogen and oxygen atoms in total. The highest BCUT2D eigenvalue weighted by atomic mass is 35.5. The minimum atomic E-state index is -0.468. The number of halogens is 1. The molecule has 9 heteroatoms. The van der Waals surface area contributed by atoms with Crippen LogP contribution in [-0.4, -0.2) is 40.3 Å². The van der Waals surface area contributed by atoms with E-state index in [9.17, 15) is 9.59 Å². The number of aromatic nitrogens is 3. The molecular weight excluding hydrogens is 382 g/mol. The molecule has 1 amide bonds. The van der Waals surface area contributed by atoms with Crippen LogP contribution in [0.3, 0.4) is 0 Å². The Morgan fingerprint density at radius 1 is 1.21 bits per heavy atom. The Morgan fingerprint density at radius 3 is 2.75 bits per heavy atom. The van der Waals surface area contributed by atoms with E-state index in [2.05, 4.69) is 20.7 Å². The number of anilines is 2. The summed E-state index contributed by atoms with van der Waals surface area (Å²) in [5.41, 5.74) is 2.78. The van der Waals surface area contributed by atoms with Crippen molar-refractivity contribution in [3.63, 3.8) is 0 Å². The van der Waals surface area contributed by atoms with E-state index in [1.807, 2.05) is 0 Å². The molecule has 1 aromatic heterocycles. The smallest absolute Gasteiger partial charge is 0.340 e.